The maximum atomic E-state index is 12.5. The van der Waals surface area contributed by atoms with Crippen LogP contribution in [0.25, 0.3) is 22.5 Å². The van der Waals surface area contributed by atoms with Crippen molar-refractivity contribution in [3.05, 3.63) is 106 Å². The predicted octanol–water partition coefficient (Wildman–Crippen LogP) is 5.19. The highest BCUT2D eigenvalue weighted by molar-refractivity contribution is 5.98. The highest BCUT2D eigenvalue weighted by atomic mass is 16.6. The van der Waals surface area contributed by atoms with Gasteiger partial charge >= 0.3 is 5.97 Å². The largest absolute Gasteiger partial charge is 0.452 e. The van der Waals surface area contributed by atoms with Crippen molar-refractivity contribution in [2.45, 2.75) is 0 Å². The minimum absolute atomic E-state index is 0.0690. The summed E-state index contributed by atoms with van der Waals surface area (Å²) in [5.41, 5.74) is 1.72. The number of amides is 1. The topological polar surface area (TPSA) is 135 Å². The van der Waals surface area contributed by atoms with Crippen LogP contribution in [-0.4, -0.2) is 23.4 Å². The Morgan fingerprint density at radius 2 is 1.63 bits per heavy atom. The second-order valence-electron chi connectivity index (χ2n) is 7.29. The first-order valence-electron chi connectivity index (χ1n) is 10.4. The Balaban J connectivity index is 1.57. The summed E-state index contributed by atoms with van der Waals surface area (Å²) in [7, 11) is 0. The first-order valence-corrected chi connectivity index (χ1v) is 10.4. The lowest BCUT2D eigenvalue weighted by Gasteiger charge is -2.05. The quantitative estimate of drug-likeness (QED) is 0.224. The molecule has 1 aromatic heterocycles. The lowest BCUT2D eigenvalue weighted by molar-refractivity contribution is -0.384. The first kappa shape index (κ1) is 22.9. The number of anilines is 1. The van der Waals surface area contributed by atoms with Crippen molar-refractivity contribution in [3.63, 3.8) is 0 Å². The van der Waals surface area contributed by atoms with Crippen LogP contribution in [0.1, 0.15) is 15.9 Å². The van der Waals surface area contributed by atoms with Gasteiger partial charge in [0.2, 0.25) is 5.88 Å². The molecule has 9 nitrogen and oxygen atoms in total. The molecule has 4 aromatic rings. The summed E-state index contributed by atoms with van der Waals surface area (Å²) in [5.74, 6) is -1.33. The number of hydrogen-bond acceptors (Lipinski definition) is 7. The van der Waals surface area contributed by atoms with Crippen molar-refractivity contribution in [2.75, 3.05) is 11.9 Å². The van der Waals surface area contributed by atoms with Crippen LogP contribution in [0.3, 0.4) is 0 Å². The number of nitriles is 1. The average Bonchev–Trinajstić information content (AvgIpc) is 3.26. The van der Waals surface area contributed by atoms with Gasteiger partial charge in [-0.2, -0.15) is 5.26 Å². The smallest absolute Gasteiger partial charge is 0.338 e. The van der Waals surface area contributed by atoms with E-state index in [9.17, 15) is 25.0 Å². The molecule has 1 amide bonds. The molecule has 0 aliphatic carbocycles. The molecule has 0 aliphatic heterocycles. The highest BCUT2D eigenvalue weighted by Crippen LogP contribution is 2.41. The summed E-state index contributed by atoms with van der Waals surface area (Å²) in [6.45, 7) is -0.686. The standard InChI is InChI=1S/C26H17N3O6/c27-15-21-23(17-8-3-1-4-9-17)24(18-10-5-2-6-11-18)35-25(21)28-22(30)16-34-26(31)19-12-7-13-20(14-19)29(32)33/h1-14H,16H2,(H,28,30). The van der Waals surface area contributed by atoms with E-state index in [-0.39, 0.29) is 22.7 Å². The van der Waals surface area contributed by atoms with Crippen LogP contribution in [-0.2, 0) is 9.53 Å². The minimum Gasteiger partial charge on any atom is -0.452 e. The molecule has 9 heteroatoms. The molecule has 0 unspecified atom stereocenters. The van der Waals surface area contributed by atoms with E-state index in [0.29, 0.717) is 16.9 Å². The van der Waals surface area contributed by atoms with E-state index in [4.69, 9.17) is 9.15 Å². The number of rotatable bonds is 7. The number of non-ortho nitro benzene ring substituents is 1. The fourth-order valence-corrected chi connectivity index (χ4v) is 3.42. The zero-order chi connectivity index (χ0) is 24.8. The van der Waals surface area contributed by atoms with E-state index in [1.165, 1.54) is 18.2 Å². The van der Waals surface area contributed by atoms with Gasteiger partial charge in [0.05, 0.1) is 10.5 Å². The summed E-state index contributed by atoms with van der Waals surface area (Å²) < 4.78 is 10.9. The number of carbonyl (C=O) groups excluding carboxylic acids is 2. The zero-order valence-corrected chi connectivity index (χ0v) is 18.1. The number of nitro benzene ring substituents is 1. The molecule has 1 N–H and O–H groups in total. The number of nitrogens with one attached hydrogen (secondary N) is 1. The Bertz CT molecular complexity index is 1440. The van der Waals surface area contributed by atoms with Crippen molar-refractivity contribution >= 4 is 23.4 Å². The molecule has 3 aromatic carbocycles. The Hall–Kier alpha value is -5.23. The van der Waals surface area contributed by atoms with E-state index in [1.54, 1.807) is 0 Å². The number of benzene rings is 3. The lowest BCUT2D eigenvalue weighted by Crippen LogP contribution is -2.21. The predicted molar refractivity (Wildman–Crippen MR) is 126 cm³/mol. The van der Waals surface area contributed by atoms with Gasteiger partial charge in [-0.05, 0) is 11.6 Å². The van der Waals surface area contributed by atoms with E-state index in [0.717, 1.165) is 11.6 Å². The number of nitrogens with zero attached hydrogens (tertiary/aromatic N) is 2. The van der Waals surface area contributed by atoms with Crippen molar-refractivity contribution in [3.8, 4) is 28.5 Å². The van der Waals surface area contributed by atoms with Crippen LogP contribution >= 0.6 is 0 Å². The van der Waals surface area contributed by atoms with Crippen LogP contribution < -0.4 is 5.32 Å². The van der Waals surface area contributed by atoms with Crippen LogP contribution in [0.2, 0.25) is 0 Å². The lowest BCUT2D eigenvalue weighted by atomic mass is 9.98. The van der Waals surface area contributed by atoms with Crippen LogP contribution in [0.15, 0.2) is 89.3 Å². The van der Waals surface area contributed by atoms with Crippen LogP contribution in [0, 0.1) is 21.4 Å². The second kappa shape index (κ2) is 10.1. The Kier molecular flexibility index (Phi) is 6.65. The van der Waals surface area contributed by atoms with Crippen molar-refractivity contribution in [1.82, 2.24) is 0 Å². The van der Waals surface area contributed by atoms with Gasteiger partial charge in [-0.25, -0.2) is 4.79 Å². The Labute approximate surface area is 199 Å². The number of furan rings is 1. The maximum Gasteiger partial charge on any atom is 0.338 e. The van der Waals surface area contributed by atoms with Gasteiger partial charge < -0.3 is 9.15 Å². The molecular formula is C26H17N3O6. The summed E-state index contributed by atoms with van der Waals surface area (Å²) in [5, 5.41) is 23.2. The van der Waals surface area contributed by atoms with Crippen molar-refractivity contribution < 1.29 is 23.7 Å². The van der Waals surface area contributed by atoms with Gasteiger partial charge in [0.1, 0.15) is 17.4 Å². The summed E-state index contributed by atoms with van der Waals surface area (Å²) in [4.78, 5) is 35.0. The second-order valence-corrected chi connectivity index (χ2v) is 7.29. The van der Waals surface area contributed by atoms with Gasteiger partial charge in [-0.15, -0.1) is 0 Å². The maximum absolute atomic E-state index is 12.5. The van der Waals surface area contributed by atoms with Gasteiger partial charge in [-0.3, -0.25) is 20.2 Å². The fourth-order valence-electron chi connectivity index (χ4n) is 3.42. The third kappa shape index (κ3) is 5.07. The van der Waals surface area contributed by atoms with Crippen molar-refractivity contribution in [1.29, 1.82) is 5.26 Å². The summed E-state index contributed by atoms with van der Waals surface area (Å²) >= 11 is 0. The Morgan fingerprint density at radius 1 is 0.971 bits per heavy atom. The zero-order valence-electron chi connectivity index (χ0n) is 18.1. The first-order chi connectivity index (χ1) is 17.0. The van der Waals surface area contributed by atoms with E-state index in [2.05, 4.69) is 11.4 Å². The van der Waals surface area contributed by atoms with E-state index >= 15 is 0 Å². The van der Waals surface area contributed by atoms with E-state index in [1.807, 2.05) is 60.7 Å². The number of carbonyl (C=O) groups is 2. The minimum atomic E-state index is -0.904. The SMILES string of the molecule is N#Cc1c(NC(=O)COC(=O)c2cccc([N+](=O)[O-])c2)oc(-c2ccccc2)c1-c1ccccc1. The number of esters is 1. The third-order valence-corrected chi connectivity index (χ3v) is 5.00. The molecule has 4 rings (SSSR count). The molecule has 0 saturated carbocycles. The molecule has 0 saturated heterocycles. The normalized spacial score (nSPS) is 10.3. The number of nitro groups is 1. The molecule has 0 radical (unpaired) electrons. The summed E-state index contributed by atoms with van der Waals surface area (Å²) in [6.07, 6.45) is 0. The third-order valence-electron chi connectivity index (χ3n) is 5.00. The van der Waals surface area contributed by atoms with Gasteiger partial charge in [-0.1, -0.05) is 66.7 Å². The van der Waals surface area contributed by atoms with Gasteiger partial charge in [0.15, 0.2) is 6.61 Å². The molecule has 1 heterocycles. The number of ether oxygens (including phenoxy) is 1. The van der Waals surface area contributed by atoms with E-state index < -0.39 is 23.4 Å². The molecule has 35 heavy (non-hydrogen) atoms. The highest BCUT2D eigenvalue weighted by Gasteiger charge is 2.24. The summed E-state index contributed by atoms with van der Waals surface area (Å²) in [6, 6.07) is 25.3. The van der Waals surface area contributed by atoms with Gasteiger partial charge in [0.25, 0.3) is 11.6 Å². The molecular weight excluding hydrogens is 450 g/mol. The van der Waals surface area contributed by atoms with Crippen molar-refractivity contribution in [2.24, 2.45) is 0 Å². The molecule has 0 fully saturated rings. The Morgan fingerprint density at radius 3 is 2.26 bits per heavy atom. The molecule has 0 bridgehead atoms. The fraction of sp³-hybridized carbons (Fsp3) is 0.0385. The number of hydrogen-bond donors (Lipinski definition) is 1. The monoisotopic (exact) mass is 467 g/mol. The molecule has 172 valence electrons. The molecule has 0 atom stereocenters. The van der Waals surface area contributed by atoms with Gasteiger partial charge in [0, 0.05) is 23.3 Å². The average molecular weight is 467 g/mol. The van der Waals surface area contributed by atoms with Crippen LogP contribution in [0.5, 0.6) is 0 Å². The van der Waals surface area contributed by atoms with Crippen LogP contribution in [0.4, 0.5) is 11.6 Å². The molecule has 0 spiro atoms. The molecule has 0 aliphatic rings.